The second kappa shape index (κ2) is 7.89. The van der Waals surface area contributed by atoms with Gasteiger partial charge >= 0.3 is 0 Å². The van der Waals surface area contributed by atoms with Gasteiger partial charge in [-0.2, -0.15) is 0 Å². The van der Waals surface area contributed by atoms with Crippen molar-refractivity contribution in [3.63, 3.8) is 0 Å². The van der Waals surface area contributed by atoms with Crippen LogP contribution >= 0.6 is 23.2 Å². The predicted molar refractivity (Wildman–Crippen MR) is 112 cm³/mol. The molecule has 1 spiro atoms. The SMILES string of the molecule is CC(=O)Nc1cc(C(=O)N2CCC3(CC2)CC(=O)c2cc(Cl)cc(Cl)c2O3)ccn1. The summed E-state index contributed by atoms with van der Waals surface area (Å²) in [6.45, 7) is 2.25. The Morgan fingerprint density at radius 2 is 1.93 bits per heavy atom. The highest BCUT2D eigenvalue weighted by Crippen LogP contribution is 2.44. The number of nitrogens with zero attached hydrogens (tertiary/aromatic N) is 2. The zero-order chi connectivity index (χ0) is 21.5. The number of aromatic nitrogens is 1. The molecule has 2 aliphatic heterocycles. The number of ether oxygens (including phenoxy) is 1. The Morgan fingerprint density at radius 3 is 2.63 bits per heavy atom. The number of amides is 2. The Bertz CT molecular complexity index is 1050. The summed E-state index contributed by atoms with van der Waals surface area (Å²) in [5.74, 6) is 0.214. The molecule has 9 heteroatoms. The first-order valence-corrected chi connectivity index (χ1v) is 10.3. The van der Waals surface area contributed by atoms with Crippen molar-refractivity contribution in [2.24, 2.45) is 0 Å². The van der Waals surface area contributed by atoms with Crippen molar-refractivity contribution < 1.29 is 19.1 Å². The third-order valence-electron chi connectivity index (χ3n) is 5.38. The van der Waals surface area contributed by atoms with Crippen LogP contribution in [0.25, 0.3) is 0 Å². The molecular formula is C21H19Cl2N3O4. The van der Waals surface area contributed by atoms with E-state index in [1.54, 1.807) is 29.2 Å². The Labute approximate surface area is 183 Å². The van der Waals surface area contributed by atoms with E-state index in [9.17, 15) is 14.4 Å². The van der Waals surface area contributed by atoms with Crippen LogP contribution in [0.15, 0.2) is 30.5 Å². The Morgan fingerprint density at radius 1 is 1.20 bits per heavy atom. The summed E-state index contributed by atoms with van der Waals surface area (Å²) in [6.07, 6.45) is 2.72. The van der Waals surface area contributed by atoms with Gasteiger partial charge in [0.05, 0.1) is 17.0 Å². The lowest BCUT2D eigenvalue weighted by atomic mass is 9.82. The standard InChI is InChI=1S/C21H19Cl2N3O4/c1-12(27)25-18-8-13(2-5-24-18)20(29)26-6-3-21(4-7-26)11-17(28)15-9-14(22)10-16(23)19(15)30-21/h2,5,8-10H,3-4,6-7,11H2,1H3,(H,24,25,27). The number of likely N-dealkylation sites (tertiary alicyclic amines) is 1. The molecule has 0 unspecified atom stereocenters. The van der Waals surface area contributed by atoms with Crippen LogP contribution in [-0.2, 0) is 4.79 Å². The minimum atomic E-state index is -0.683. The molecule has 0 bridgehead atoms. The monoisotopic (exact) mass is 447 g/mol. The molecule has 1 N–H and O–H groups in total. The molecule has 0 radical (unpaired) electrons. The highest BCUT2D eigenvalue weighted by molar-refractivity contribution is 6.36. The lowest BCUT2D eigenvalue weighted by molar-refractivity contribution is -0.114. The second-order valence-corrected chi connectivity index (χ2v) is 8.40. The number of benzene rings is 1. The van der Waals surface area contributed by atoms with Crippen molar-refractivity contribution in [3.05, 3.63) is 51.6 Å². The third kappa shape index (κ3) is 4.00. The van der Waals surface area contributed by atoms with Crippen molar-refractivity contribution in [2.45, 2.75) is 31.8 Å². The minimum absolute atomic E-state index is 0.0606. The lowest BCUT2D eigenvalue weighted by Gasteiger charge is -2.44. The summed E-state index contributed by atoms with van der Waals surface area (Å²) in [7, 11) is 0. The van der Waals surface area contributed by atoms with Crippen LogP contribution in [0.1, 0.15) is 46.9 Å². The molecule has 4 rings (SSSR count). The molecule has 0 atom stereocenters. The van der Waals surface area contributed by atoms with E-state index < -0.39 is 5.60 Å². The number of piperidine rings is 1. The first kappa shape index (κ1) is 20.6. The van der Waals surface area contributed by atoms with Crippen LogP contribution in [-0.4, -0.2) is 46.2 Å². The third-order valence-corrected chi connectivity index (χ3v) is 5.88. The molecule has 1 aromatic carbocycles. The molecule has 1 saturated heterocycles. The predicted octanol–water partition coefficient (Wildman–Crippen LogP) is 3.99. The number of hydrogen-bond donors (Lipinski definition) is 1. The maximum absolute atomic E-state index is 12.9. The number of ketones is 1. The van der Waals surface area contributed by atoms with E-state index in [4.69, 9.17) is 27.9 Å². The normalized spacial score (nSPS) is 17.3. The summed E-state index contributed by atoms with van der Waals surface area (Å²) >= 11 is 12.3. The Hall–Kier alpha value is -2.64. The topological polar surface area (TPSA) is 88.6 Å². The van der Waals surface area contributed by atoms with Crippen molar-refractivity contribution in [1.82, 2.24) is 9.88 Å². The first-order chi connectivity index (χ1) is 14.3. The second-order valence-electron chi connectivity index (χ2n) is 7.55. The number of halogens is 2. The number of carbonyl (C=O) groups excluding carboxylic acids is 3. The van der Waals surface area contributed by atoms with Gasteiger partial charge in [-0.3, -0.25) is 14.4 Å². The van der Waals surface area contributed by atoms with Gasteiger partial charge in [-0.05, 0) is 24.3 Å². The fourth-order valence-corrected chi connectivity index (χ4v) is 4.43. The fourth-order valence-electron chi connectivity index (χ4n) is 3.90. The maximum atomic E-state index is 12.9. The van der Waals surface area contributed by atoms with E-state index in [1.807, 2.05) is 0 Å². The zero-order valence-corrected chi connectivity index (χ0v) is 17.7. The van der Waals surface area contributed by atoms with Gasteiger partial charge in [0.25, 0.3) is 5.91 Å². The van der Waals surface area contributed by atoms with Crippen LogP contribution < -0.4 is 10.1 Å². The molecule has 3 heterocycles. The number of Topliss-reactive ketones (excluding diaryl/α,β-unsaturated/α-hetero) is 1. The molecule has 0 aliphatic carbocycles. The molecule has 0 saturated carbocycles. The number of fused-ring (bicyclic) bond motifs is 1. The average molecular weight is 448 g/mol. The molecule has 30 heavy (non-hydrogen) atoms. The number of carbonyl (C=O) groups is 3. The van der Waals surface area contributed by atoms with Crippen molar-refractivity contribution in [1.29, 1.82) is 0 Å². The number of anilines is 1. The highest BCUT2D eigenvalue weighted by Gasteiger charge is 2.44. The first-order valence-electron chi connectivity index (χ1n) is 9.50. The van der Waals surface area contributed by atoms with Gasteiger partial charge in [-0.25, -0.2) is 4.98 Å². The van der Waals surface area contributed by atoms with E-state index in [1.165, 1.54) is 13.1 Å². The molecule has 1 aromatic heterocycles. The summed E-state index contributed by atoms with van der Waals surface area (Å²) in [5.41, 5.74) is 0.157. The van der Waals surface area contributed by atoms with E-state index in [-0.39, 0.29) is 24.0 Å². The molecule has 156 valence electrons. The van der Waals surface area contributed by atoms with Crippen LogP contribution in [0, 0.1) is 0 Å². The Balaban J connectivity index is 1.48. The number of nitrogens with one attached hydrogen (secondary N) is 1. The molecule has 2 amide bonds. The minimum Gasteiger partial charge on any atom is -0.484 e. The van der Waals surface area contributed by atoms with Gasteiger partial charge in [0, 0.05) is 49.6 Å². The summed E-state index contributed by atoms with van der Waals surface area (Å²) in [5, 5.41) is 3.28. The number of rotatable bonds is 2. The van der Waals surface area contributed by atoms with Gasteiger partial charge in [-0.1, -0.05) is 23.2 Å². The summed E-state index contributed by atoms with van der Waals surface area (Å²) in [4.78, 5) is 42.6. The van der Waals surface area contributed by atoms with Gasteiger partial charge in [0.2, 0.25) is 5.91 Å². The van der Waals surface area contributed by atoms with Crippen LogP contribution in [0.5, 0.6) is 5.75 Å². The van der Waals surface area contributed by atoms with Gasteiger partial charge in [0.1, 0.15) is 17.2 Å². The highest BCUT2D eigenvalue weighted by atomic mass is 35.5. The lowest BCUT2D eigenvalue weighted by Crippen LogP contribution is -2.52. The molecule has 2 aliphatic rings. The van der Waals surface area contributed by atoms with Crippen molar-refractivity contribution in [3.8, 4) is 5.75 Å². The summed E-state index contributed by atoms with van der Waals surface area (Å²) < 4.78 is 6.21. The quantitative estimate of drug-likeness (QED) is 0.751. The number of hydrogen-bond acceptors (Lipinski definition) is 5. The van der Waals surface area contributed by atoms with Crippen molar-refractivity contribution in [2.75, 3.05) is 18.4 Å². The van der Waals surface area contributed by atoms with E-state index in [0.717, 1.165) is 0 Å². The maximum Gasteiger partial charge on any atom is 0.254 e. The van der Waals surface area contributed by atoms with Crippen LogP contribution in [0.3, 0.4) is 0 Å². The van der Waals surface area contributed by atoms with Gasteiger partial charge in [-0.15, -0.1) is 0 Å². The molecular weight excluding hydrogens is 429 g/mol. The zero-order valence-electron chi connectivity index (χ0n) is 16.2. The average Bonchev–Trinajstić information content (AvgIpc) is 2.69. The van der Waals surface area contributed by atoms with Crippen LogP contribution in [0.4, 0.5) is 5.82 Å². The Kier molecular flexibility index (Phi) is 5.42. The number of pyridine rings is 1. The molecule has 7 nitrogen and oxygen atoms in total. The van der Waals surface area contributed by atoms with Gasteiger partial charge < -0.3 is 15.0 Å². The largest absolute Gasteiger partial charge is 0.484 e. The van der Waals surface area contributed by atoms with Crippen molar-refractivity contribution >= 4 is 46.6 Å². The molecule has 1 fully saturated rings. The fraction of sp³-hybridized carbons (Fsp3) is 0.333. The molecule has 2 aromatic rings. The summed E-state index contributed by atoms with van der Waals surface area (Å²) in [6, 6.07) is 6.29. The van der Waals surface area contributed by atoms with E-state index >= 15 is 0 Å². The van der Waals surface area contributed by atoms with Gasteiger partial charge in [0.15, 0.2) is 5.78 Å². The van der Waals surface area contributed by atoms with E-state index in [2.05, 4.69) is 10.3 Å². The van der Waals surface area contributed by atoms with E-state index in [0.29, 0.717) is 58.7 Å². The van der Waals surface area contributed by atoms with Crippen LogP contribution in [0.2, 0.25) is 10.0 Å². The smallest absolute Gasteiger partial charge is 0.254 e.